The number of rotatable bonds is 3. The van der Waals surface area contributed by atoms with Gasteiger partial charge in [-0.1, -0.05) is 17.7 Å². The highest BCUT2D eigenvalue weighted by molar-refractivity contribution is 7.89. The highest BCUT2D eigenvalue weighted by atomic mass is 35.5. The van der Waals surface area contributed by atoms with Gasteiger partial charge in [-0.05, 0) is 50.7 Å². The Morgan fingerprint density at radius 3 is 2.59 bits per heavy atom. The van der Waals surface area contributed by atoms with Crippen LogP contribution in [-0.4, -0.2) is 66.1 Å². The Morgan fingerprint density at radius 1 is 1.21 bits per heavy atom. The minimum Gasteiger partial charge on any atom is -0.393 e. The number of carbonyl (C=O) groups is 1. The molecule has 7 nitrogen and oxygen atoms in total. The third-order valence-corrected chi connectivity index (χ3v) is 8.36. The molecule has 0 aromatic heterocycles. The summed E-state index contributed by atoms with van der Waals surface area (Å²) in [5.41, 5.74) is 0. The maximum absolute atomic E-state index is 14.3. The molecule has 4 rings (SSSR count). The second-order valence-electron chi connectivity index (χ2n) is 8.12. The van der Waals surface area contributed by atoms with E-state index in [0.29, 0.717) is 25.7 Å². The zero-order valence-corrected chi connectivity index (χ0v) is 17.5. The summed E-state index contributed by atoms with van der Waals surface area (Å²) >= 11 is 5.75. The van der Waals surface area contributed by atoms with Crippen molar-refractivity contribution >= 4 is 27.7 Å². The number of hydrogen-bond acceptors (Lipinski definition) is 4. The quantitative estimate of drug-likeness (QED) is 0.747. The van der Waals surface area contributed by atoms with Crippen LogP contribution < -0.4 is 5.32 Å². The Morgan fingerprint density at radius 2 is 1.90 bits per heavy atom. The third-order valence-electron chi connectivity index (χ3n) is 6.19. The molecular weight excluding hydrogens is 421 g/mol. The highest BCUT2D eigenvalue weighted by Gasteiger charge is 2.43. The fourth-order valence-corrected chi connectivity index (χ4v) is 6.67. The van der Waals surface area contributed by atoms with E-state index in [0.717, 1.165) is 12.8 Å². The van der Waals surface area contributed by atoms with Gasteiger partial charge >= 0.3 is 6.03 Å². The van der Waals surface area contributed by atoms with E-state index >= 15 is 0 Å². The van der Waals surface area contributed by atoms with Crippen molar-refractivity contribution < 1.29 is 22.7 Å². The standard InChI is InChI=1S/C19H25ClFN3O4S/c20-16-4-1-5-17(18(16)21)29(27,28)23-8-2-3-12(11-23)22-19(26)24-13-6-7-14(24)10-15(25)9-13/h1,4-5,12-15,25H,2-3,6-11H2,(H,22,26)/t12-,13?,14?,15?/m0/s1. The Bertz CT molecular complexity index is 885. The molecule has 3 atom stereocenters. The van der Waals surface area contributed by atoms with Crippen molar-refractivity contribution in [2.24, 2.45) is 0 Å². The van der Waals surface area contributed by atoms with Gasteiger partial charge in [-0.25, -0.2) is 17.6 Å². The van der Waals surface area contributed by atoms with Crippen LogP contribution in [0, 0.1) is 5.82 Å². The molecule has 2 amide bonds. The number of hydrogen-bond donors (Lipinski definition) is 2. The molecule has 3 heterocycles. The van der Waals surface area contributed by atoms with Crippen molar-refractivity contribution in [3.8, 4) is 0 Å². The van der Waals surface area contributed by atoms with Crippen molar-refractivity contribution in [2.45, 2.75) is 67.6 Å². The molecule has 0 spiro atoms. The summed E-state index contributed by atoms with van der Waals surface area (Å²) in [6, 6.07) is 3.43. The molecule has 3 aliphatic rings. The third kappa shape index (κ3) is 3.97. The lowest BCUT2D eigenvalue weighted by molar-refractivity contribution is 0.0528. The lowest BCUT2D eigenvalue weighted by Crippen LogP contribution is -2.57. The average molecular weight is 446 g/mol. The maximum atomic E-state index is 14.3. The molecule has 3 aliphatic heterocycles. The fraction of sp³-hybridized carbons (Fsp3) is 0.632. The molecule has 29 heavy (non-hydrogen) atoms. The van der Waals surface area contributed by atoms with Crippen LogP contribution in [0.25, 0.3) is 0 Å². The van der Waals surface area contributed by atoms with Crippen molar-refractivity contribution in [1.29, 1.82) is 0 Å². The topological polar surface area (TPSA) is 90.0 Å². The minimum absolute atomic E-state index is 0.0349. The van der Waals surface area contributed by atoms with Crippen LogP contribution in [0.15, 0.2) is 23.1 Å². The fourth-order valence-electron chi connectivity index (χ4n) is 4.83. The predicted octanol–water partition coefficient (Wildman–Crippen LogP) is 2.33. The van der Waals surface area contributed by atoms with Gasteiger partial charge in [0.15, 0.2) is 5.82 Å². The monoisotopic (exact) mass is 445 g/mol. The van der Waals surface area contributed by atoms with E-state index in [9.17, 15) is 22.7 Å². The van der Waals surface area contributed by atoms with Crippen LogP contribution in [0.3, 0.4) is 0 Å². The summed E-state index contributed by atoms with van der Waals surface area (Å²) in [4.78, 5) is 14.2. The number of nitrogens with zero attached hydrogens (tertiary/aromatic N) is 2. The van der Waals surface area contributed by atoms with E-state index in [1.165, 1.54) is 22.5 Å². The van der Waals surface area contributed by atoms with Crippen molar-refractivity contribution in [2.75, 3.05) is 13.1 Å². The Hall–Kier alpha value is -1.42. The van der Waals surface area contributed by atoms with E-state index in [-0.39, 0.29) is 48.4 Å². The first kappa shape index (κ1) is 20.8. The van der Waals surface area contributed by atoms with E-state index in [4.69, 9.17) is 11.6 Å². The molecule has 1 aromatic carbocycles. The number of piperidine rings is 2. The molecule has 0 aliphatic carbocycles. The highest BCUT2D eigenvalue weighted by Crippen LogP contribution is 2.36. The number of halogens is 2. The van der Waals surface area contributed by atoms with E-state index in [1.54, 1.807) is 0 Å². The van der Waals surface area contributed by atoms with E-state index in [1.807, 2.05) is 4.90 Å². The molecule has 2 N–H and O–H groups in total. The molecule has 3 fully saturated rings. The predicted molar refractivity (Wildman–Crippen MR) is 106 cm³/mol. The average Bonchev–Trinajstić information content (AvgIpc) is 2.95. The molecule has 2 unspecified atom stereocenters. The summed E-state index contributed by atoms with van der Waals surface area (Å²) in [6.45, 7) is 0.355. The maximum Gasteiger partial charge on any atom is 0.318 e. The second kappa shape index (κ2) is 8.02. The van der Waals surface area contributed by atoms with Crippen LogP contribution in [0.2, 0.25) is 5.02 Å². The first-order valence-corrected chi connectivity index (χ1v) is 11.8. The Balaban J connectivity index is 1.45. The number of aliphatic hydroxyl groups excluding tert-OH is 1. The van der Waals surface area contributed by atoms with Crippen LogP contribution >= 0.6 is 11.6 Å². The molecule has 0 saturated carbocycles. The summed E-state index contributed by atoms with van der Waals surface area (Å²) < 4.78 is 41.3. The zero-order valence-electron chi connectivity index (χ0n) is 15.9. The van der Waals surface area contributed by atoms with Gasteiger partial charge in [-0.2, -0.15) is 4.31 Å². The molecule has 10 heteroatoms. The zero-order chi connectivity index (χ0) is 20.8. The number of sulfonamides is 1. The lowest BCUT2D eigenvalue weighted by Gasteiger charge is -2.39. The van der Waals surface area contributed by atoms with Gasteiger partial charge in [0.05, 0.1) is 11.1 Å². The molecule has 1 aromatic rings. The number of aliphatic hydroxyl groups is 1. The summed E-state index contributed by atoms with van der Waals surface area (Å²) in [6.07, 6.45) is 3.80. The van der Waals surface area contributed by atoms with Crippen LogP contribution in [0.4, 0.5) is 9.18 Å². The molecule has 160 valence electrons. The van der Waals surface area contributed by atoms with Gasteiger partial charge in [0.2, 0.25) is 10.0 Å². The van der Waals surface area contributed by atoms with Crippen molar-refractivity contribution in [3.05, 3.63) is 29.0 Å². The summed E-state index contributed by atoms with van der Waals surface area (Å²) in [5, 5.41) is 12.6. The van der Waals surface area contributed by atoms with Gasteiger partial charge in [0.25, 0.3) is 0 Å². The number of urea groups is 1. The Labute approximate surface area is 174 Å². The lowest BCUT2D eigenvalue weighted by atomic mass is 10.0. The number of amides is 2. The van der Waals surface area contributed by atoms with Gasteiger partial charge in [0, 0.05) is 31.2 Å². The van der Waals surface area contributed by atoms with E-state index < -0.39 is 20.7 Å². The van der Waals surface area contributed by atoms with Crippen LogP contribution in [0.1, 0.15) is 38.5 Å². The minimum atomic E-state index is -4.05. The Kier molecular flexibility index (Phi) is 5.76. The smallest absolute Gasteiger partial charge is 0.318 e. The molecule has 0 radical (unpaired) electrons. The van der Waals surface area contributed by atoms with Crippen molar-refractivity contribution in [1.82, 2.24) is 14.5 Å². The number of fused-ring (bicyclic) bond motifs is 2. The van der Waals surface area contributed by atoms with Crippen molar-refractivity contribution in [3.63, 3.8) is 0 Å². The molecular formula is C19H25ClFN3O4S. The van der Waals surface area contributed by atoms with Gasteiger partial charge in [0.1, 0.15) is 4.90 Å². The first-order valence-electron chi connectivity index (χ1n) is 9.98. The SMILES string of the molecule is O=C(N[C@H]1CCCN(S(=O)(=O)c2cccc(Cl)c2F)C1)N1C2CCC1CC(O)C2. The molecule has 3 saturated heterocycles. The van der Waals surface area contributed by atoms with E-state index in [2.05, 4.69) is 5.32 Å². The van der Waals surface area contributed by atoms with Crippen LogP contribution in [-0.2, 0) is 10.0 Å². The van der Waals surface area contributed by atoms with Crippen LogP contribution in [0.5, 0.6) is 0 Å². The van der Waals surface area contributed by atoms with Gasteiger partial charge in [-0.15, -0.1) is 0 Å². The number of nitrogens with one attached hydrogen (secondary N) is 1. The summed E-state index contributed by atoms with van der Waals surface area (Å²) in [5.74, 6) is -0.955. The first-order chi connectivity index (χ1) is 13.8. The second-order valence-corrected chi connectivity index (χ2v) is 10.4. The van der Waals surface area contributed by atoms with Gasteiger partial charge in [-0.3, -0.25) is 0 Å². The summed E-state index contributed by atoms with van der Waals surface area (Å²) in [7, 11) is -4.05. The normalized spacial score (nSPS) is 30.4. The number of benzene rings is 1. The largest absolute Gasteiger partial charge is 0.393 e. The molecule has 2 bridgehead atoms. The van der Waals surface area contributed by atoms with Gasteiger partial charge < -0.3 is 15.3 Å². The number of carbonyl (C=O) groups excluding carboxylic acids is 1.